The van der Waals surface area contributed by atoms with Gasteiger partial charge in [-0.05, 0) is 86.7 Å². The summed E-state index contributed by atoms with van der Waals surface area (Å²) >= 11 is 0. The van der Waals surface area contributed by atoms with Crippen LogP contribution in [0.3, 0.4) is 0 Å². The zero-order chi connectivity index (χ0) is 29.1. The lowest BCUT2D eigenvalue weighted by Crippen LogP contribution is -2.35. The third-order valence-electron chi connectivity index (χ3n) is 7.97. The summed E-state index contributed by atoms with van der Waals surface area (Å²) < 4.78 is 39.3. The van der Waals surface area contributed by atoms with Crippen molar-refractivity contribution in [3.8, 4) is 5.75 Å². The van der Waals surface area contributed by atoms with Crippen molar-refractivity contribution in [1.29, 1.82) is 0 Å². The van der Waals surface area contributed by atoms with E-state index in [4.69, 9.17) is 9.47 Å². The van der Waals surface area contributed by atoms with Gasteiger partial charge in [-0.1, -0.05) is 6.07 Å². The number of carbonyl (C=O) groups excluding carboxylic acids is 1. The molecule has 2 fully saturated rings. The predicted molar refractivity (Wildman–Crippen MR) is 158 cm³/mol. The number of likely N-dealkylation sites (tertiary alicyclic amines) is 1. The quantitative estimate of drug-likeness (QED) is 0.248. The molecule has 0 radical (unpaired) electrons. The molecule has 4 aromatic rings. The lowest BCUT2D eigenvalue weighted by atomic mass is 10.0. The van der Waals surface area contributed by atoms with E-state index in [9.17, 15) is 13.6 Å². The molecule has 0 atom stereocenters. The summed E-state index contributed by atoms with van der Waals surface area (Å²) in [7, 11) is 2.12. The second-order valence-electron chi connectivity index (χ2n) is 11.2. The smallest absolute Gasteiger partial charge is 0.258 e. The lowest BCUT2D eigenvalue weighted by molar-refractivity contribution is 0.0904. The number of H-pyrrole nitrogens is 1. The number of benzene rings is 3. The van der Waals surface area contributed by atoms with Crippen LogP contribution in [0.4, 0.5) is 20.3 Å². The Balaban J connectivity index is 1.23. The van der Waals surface area contributed by atoms with E-state index in [1.165, 1.54) is 12.1 Å². The zero-order valence-electron chi connectivity index (χ0n) is 23.6. The van der Waals surface area contributed by atoms with E-state index in [-0.39, 0.29) is 18.1 Å². The molecule has 0 unspecified atom stereocenters. The number of aromatic amines is 1. The van der Waals surface area contributed by atoms with Gasteiger partial charge in [-0.25, -0.2) is 8.78 Å². The number of aromatic nitrogens is 2. The van der Waals surface area contributed by atoms with Gasteiger partial charge in [0, 0.05) is 49.9 Å². The van der Waals surface area contributed by atoms with Crippen LogP contribution in [-0.4, -0.2) is 66.5 Å². The Bertz CT molecular complexity index is 1540. The molecule has 0 bridgehead atoms. The van der Waals surface area contributed by atoms with Crippen molar-refractivity contribution in [2.24, 2.45) is 0 Å². The monoisotopic (exact) mass is 575 g/mol. The van der Waals surface area contributed by atoms with E-state index in [1.807, 2.05) is 30.3 Å². The van der Waals surface area contributed by atoms with Gasteiger partial charge in [-0.2, -0.15) is 5.10 Å². The maximum Gasteiger partial charge on any atom is 0.258 e. The second-order valence-corrected chi connectivity index (χ2v) is 11.2. The molecule has 0 aliphatic carbocycles. The molecule has 220 valence electrons. The van der Waals surface area contributed by atoms with Crippen LogP contribution < -0.4 is 15.4 Å². The van der Waals surface area contributed by atoms with Crippen LogP contribution in [0.2, 0.25) is 0 Å². The van der Waals surface area contributed by atoms with Crippen molar-refractivity contribution in [2.45, 2.75) is 44.2 Å². The molecule has 2 aliphatic rings. The van der Waals surface area contributed by atoms with Crippen LogP contribution >= 0.6 is 0 Å². The summed E-state index contributed by atoms with van der Waals surface area (Å²) in [6.07, 6.45) is 4.10. The Morgan fingerprint density at radius 3 is 2.52 bits per heavy atom. The Morgan fingerprint density at radius 2 is 1.76 bits per heavy atom. The number of carbonyl (C=O) groups is 1. The van der Waals surface area contributed by atoms with Crippen molar-refractivity contribution in [3.05, 3.63) is 82.9 Å². The van der Waals surface area contributed by atoms with Gasteiger partial charge in [0.25, 0.3) is 5.91 Å². The van der Waals surface area contributed by atoms with Gasteiger partial charge in [0.15, 0.2) is 5.82 Å². The third-order valence-corrected chi connectivity index (χ3v) is 7.97. The molecule has 3 heterocycles. The molecular formula is C32H35F2N5O3. The minimum absolute atomic E-state index is 0.144. The molecule has 6 rings (SSSR count). The molecule has 1 aromatic heterocycles. The summed E-state index contributed by atoms with van der Waals surface area (Å²) in [6, 6.07) is 14.8. The lowest BCUT2D eigenvalue weighted by Gasteiger charge is -2.30. The van der Waals surface area contributed by atoms with Gasteiger partial charge in [-0.15, -0.1) is 0 Å². The van der Waals surface area contributed by atoms with Gasteiger partial charge in [-0.3, -0.25) is 9.89 Å². The number of halogens is 2. The molecule has 2 aliphatic heterocycles. The Labute approximate surface area is 243 Å². The first-order valence-electron chi connectivity index (χ1n) is 14.5. The van der Waals surface area contributed by atoms with E-state index in [1.54, 1.807) is 6.07 Å². The Morgan fingerprint density at radius 1 is 1.00 bits per heavy atom. The first-order valence-corrected chi connectivity index (χ1v) is 14.5. The van der Waals surface area contributed by atoms with E-state index in [0.717, 1.165) is 61.7 Å². The van der Waals surface area contributed by atoms with Gasteiger partial charge < -0.3 is 25.0 Å². The van der Waals surface area contributed by atoms with Crippen molar-refractivity contribution in [1.82, 2.24) is 15.1 Å². The van der Waals surface area contributed by atoms with E-state index in [0.29, 0.717) is 47.7 Å². The van der Waals surface area contributed by atoms with Gasteiger partial charge >= 0.3 is 0 Å². The summed E-state index contributed by atoms with van der Waals surface area (Å²) in [4.78, 5) is 15.9. The number of hydrogen-bond acceptors (Lipinski definition) is 6. The number of nitrogens with one attached hydrogen (secondary N) is 3. The van der Waals surface area contributed by atoms with Crippen molar-refractivity contribution >= 4 is 28.3 Å². The van der Waals surface area contributed by atoms with Crippen LogP contribution in [0.15, 0.2) is 54.6 Å². The molecule has 1 amide bonds. The van der Waals surface area contributed by atoms with Crippen molar-refractivity contribution in [3.63, 3.8) is 0 Å². The topological polar surface area (TPSA) is 91.5 Å². The molecule has 10 heteroatoms. The number of ether oxygens (including phenoxy) is 2. The average molecular weight is 576 g/mol. The van der Waals surface area contributed by atoms with Crippen molar-refractivity contribution in [2.75, 3.05) is 44.0 Å². The summed E-state index contributed by atoms with van der Waals surface area (Å²) in [6.45, 7) is 3.34. The minimum atomic E-state index is -0.615. The largest absolute Gasteiger partial charge is 0.490 e. The molecule has 3 aromatic carbocycles. The fourth-order valence-electron chi connectivity index (χ4n) is 5.66. The number of rotatable bonds is 8. The molecule has 2 saturated heterocycles. The second kappa shape index (κ2) is 12.5. The molecule has 42 heavy (non-hydrogen) atoms. The summed E-state index contributed by atoms with van der Waals surface area (Å²) in [5.41, 5.74) is 3.29. The molecule has 0 saturated carbocycles. The first kappa shape index (κ1) is 28.1. The highest BCUT2D eigenvalue weighted by atomic mass is 19.1. The normalized spacial score (nSPS) is 16.9. The SMILES string of the molecule is CN1CCC(Oc2ccc(C(=O)Nc3n[nH]c4ccc(Cc5cc(F)cc(F)c5)cc34)c(NC3CCOCC3)c2)CC1. The maximum absolute atomic E-state index is 13.7. The number of fused-ring (bicyclic) bond motifs is 1. The molecule has 8 nitrogen and oxygen atoms in total. The van der Waals surface area contributed by atoms with Gasteiger partial charge in [0.2, 0.25) is 0 Å². The number of piperidine rings is 1. The van der Waals surface area contributed by atoms with Crippen LogP contribution in [0.1, 0.15) is 47.2 Å². The summed E-state index contributed by atoms with van der Waals surface area (Å²) in [5, 5.41) is 14.5. The maximum atomic E-state index is 13.7. The first-order chi connectivity index (χ1) is 20.4. The van der Waals surface area contributed by atoms with E-state index in [2.05, 4.69) is 32.8 Å². The Kier molecular flexibility index (Phi) is 8.34. The number of amides is 1. The Hall–Kier alpha value is -4.02. The number of anilines is 2. The third kappa shape index (κ3) is 6.71. The number of hydrogen-bond donors (Lipinski definition) is 3. The molecular weight excluding hydrogens is 540 g/mol. The fourth-order valence-corrected chi connectivity index (χ4v) is 5.66. The van der Waals surface area contributed by atoms with E-state index < -0.39 is 11.6 Å². The summed E-state index contributed by atoms with van der Waals surface area (Å²) in [5.74, 6) is -0.419. The van der Waals surface area contributed by atoms with Gasteiger partial charge in [0.05, 0.1) is 16.8 Å². The standard InChI is InChI=1S/C32H35F2N5O3/c1-39-10-6-25(7-11-39)42-26-3-4-27(30(19-26)35-24-8-12-41-13-9-24)32(40)36-31-28-17-20(2-5-29(28)37-38-31)14-21-15-22(33)18-23(34)16-21/h2-5,15-19,24-25,35H,6-14H2,1H3,(H2,36,37,38,40). The fraction of sp³-hybridized carbons (Fsp3) is 0.375. The zero-order valence-corrected chi connectivity index (χ0v) is 23.6. The highest BCUT2D eigenvalue weighted by Gasteiger charge is 2.22. The molecule has 0 spiro atoms. The minimum Gasteiger partial charge on any atom is -0.490 e. The highest BCUT2D eigenvalue weighted by molar-refractivity contribution is 6.11. The van der Waals surface area contributed by atoms with Gasteiger partial charge in [0.1, 0.15) is 23.5 Å². The van der Waals surface area contributed by atoms with E-state index >= 15 is 0 Å². The average Bonchev–Trinajstić information content (AvgIpc) is 3.36. The highest BCUT2D eigenvalue weighted by Crippen LogP contribution is 2.30. The molecule has 3 N–H and O–H groups in total. The van der Waals surface area contributed by atoms with Crippen LogP contribution in [-0.2, 0) is 11.2 Å². The van der Waals surface area contributed by atoms with Crippen LogP contribution in [0.5, 0.6) is 5.75 Å². The van der Waals surface area contributed by atoms with Crippen LogP contribution in [0, 0.1) is 11.6 Å². The van der Waals surface area contributed by atoms with Crippen LogP contribution in [0.25, 0.3) is 10.9 Å². The predicted octanol–water partition coefficient (Wildman–Crippen LogP) is 5.75. The van der Waals surface area contributed by atoms with Crippen molar-refractivity contribution < 1.29 is 23.0 Å². The number of nitrogens with zero attached hydrogens (tertiary/aromatic N) is 2.